The van der Waals surface area contributed by atoms with Crippen LogP contribution < -0.4 is 14.8 Å². The first-order valence-corrected chi connectivity index (χ1v) is 8.00. The van der Waals surface area contributed by atoms with Gasteiger partial charge in [0.25, 0.3) is 0 Å². The maximum absolute atomic E-state index is 12.5. The molecule has 2 aliphatic heterocycles. The summed E-state index contributed by atoms with van der Waals surface area (Å²) < 4.78 is 11.5. The van der Waals surface area contributed by atoms with E-state index in [-0.39, 0.29) is 5.91 Å². The Morgan fingerprint density at radius 1 is 1.17 bits per heavy atom. The second-order valence-corrected chi connectivity index (χ2v) is 6.11. The summed E-state index contributed by atoms with van der Waals surface area (Å²) in [5.74, 6) is 1.80. The van der Waals surface area contributed by atoms with Crippen molar-refractivity contribution in [2.45, 2.75) is 26.2 Å². The van der Waals surface area contributed by atoms with Gasteiger partial charge in [-0.3, -0.25) is 4.79 Å². The molecule has 4 rings (SSSR count). The van der Waals surface area contributed by atoms with Gasteiger partial charge in [-0.25, -0.2) is 0 Å². The molecule has 2 aromatic rings. The van der Waals surface area contributed by atoms with Gasteiger partial charge in [0, 0.05) is 35.2 Å². The van der Waals surface area contributed by atoms with Crippen LogP contribution in [0.4, 0.5) is 5.69 Å². The Morgan fingerprint density at radius 2 is 2.04 bits per heavy atom. The minimum Gasteiger partial charge on any atom is -0.493 e. The maximum Gasteiger partial charge on any atom is 0.228 e. The third-order valence-corrected chi connectivity index (χ3v) is 4.40. The van der Waals surface area contributed by atoms with Crippen molar-refractivity contribution in [2.24, 2.45) is 0 Å². The predicted molar refractivity (Wildman–Crippen MR) is 88.4 cm³/mol. The SMILES string of the molecule is Cc1cccc(NC(=O)Cc2c3c(cc4c2OCC4)OCC3)c1. The van der Waals surface area contributed by atoms with Gasteiger partial charge < -0.3 is 14.8 Å². The Morgan fingerprint density at radius 3 is 2.91 bits per heavy atom. The molecule has 118 valence electrons. The summed E-state index contributed by atoms with van der Waals surface area (Å²) in [5, 5.41) is 2.98. The molecule has 2 aliphatic rings. The van der Waals surface area contributed by atoms with Crippen LogP contribution in [-0.2, 0) is 24.1 Å². The molecule has 2 aromatic carbocycles. The van der Waals surface area contributed by atoms with Crippen LogP contribution in [0.1, 0.15) is 22.3 Å². The molecule has 0 saturated heterocycles. The second-order valence-electron chi connectivity index (χ2n) is 6.11. The van der Waals surface area contributed by atoms with Crippen molar-refractivity contribution in [3.8, 4) is 11.5 Å². The third-order valence-electron chi connectivity index (χ3n) is 4.40. The summed E-state index contributed by atoms with van der Waals surface area (Å²) in [5.41, 5.74) is 5.24. The maximum atomic E-state index is 12.5. The Hall–Kier alpha value is -2.49. The molecule has 0 spiro atoms. The number of carbonyl (C=O) groups is 1. The van der Waals surface area contributed by atoms with Gasteiger partial charge in [0.1, 0.15) is 11.5 Å². The number of fused-ring (bicyclic) bond motifs is 2. The first-order chi connectivity index (χ1) is 11.2. The number of benzene rings is 2. The van der Waals surface area contributed by atoms with Crippen molar-refractivity contribution in [3.63, 3.8) is 0 Å². The van der Waals surface area contributed by atoms with E-state index in [1.54, 1.807) is 0 Å². The molecule has 1 amide bonds. The zero-order valence-corrected chi connectivity index (χ0v) is 13.1. The van der Waals surface area contributed by atoms with Gasteiger partial charge in [-0.15, -0.1) is 0 Å². The first kappa shape index (κ1) is 14.1. The molecule has 23 heavy (non-hydrogen) atoms. The molecule has 0 unspecified atom stereocenters. The van der Waals surface area contributed by atoms with Crippen LogP contribution in [0.5, 0.6) is 11.5 Å². The molecule has 0 saturated carbocycles. The number of hydrogen-bond donors (Lipinski definition) is 1. The van der Waals surface area contributed by atoms with E-state index in [2.05, 4.69) is 11.4 Å². The zero-order valence-electron chi connectivity index (χ0n) is 13.1. The molecule has 0 fully saturated rings. The van der Waals surface area contributed by atoms with Crippen molar-refractivity contribution in [2.75, 3.05) is 18.5 Å². The summed E-state index contributed by atoms with van der Waals surface area (Å²) in [6.45, 7) is 3.38. The lowest BCUT2D eigenvalue weighted by Crippen LogP contribution is -2.16. The largest absolute Gasteiger partial charge is 0.493 e. The van der Waals surface area contributed by atoms with E-state index in [0.717, 1.165) is 52.3 Å². The van der Waals surface area contributed by atoms with E-state index in [1.165, 1.54) is 0 Å². The Kier molecular flexibility index (Phi) is 3.45. The highest BCUT2D eigenvalue weighted by Gasteiger charge is 2.27. The molecule has 0 aliphatic carbocycles. The summed E-state index contributed by atoms with van der Waals surface area (Å²) in [4.78, 5) is 12.5. The van der Waals surface area contributed by atoms with Crippen molar-refractivity contribution in [1.29, 1.82) is 0 Å². The second kappa shape index (κ2) is 5.61. The van der Waals surface area contributed by atoms with Crippen molar-refractivity contribution < 1.29 is 14.3 Å². The summed E-state index contributed by atoms with van der Waals surface area (Å²) in [6, 6.07) is 9.91. The lowest BCUT2D eigenvalue weighted by molar-refractivity contribution is -0.115. The van der Waals surface area contributed by atoms with Gasteiger partial charge >= 0.3 is 0 Å². The fraction of sp³-hybridized carbons (Fsp3) is 0.316. The molecule has 4 nitrogen and oxygen atoms in total. The van der Waals surface area contributed by atoms with E-state index in [9.17, 15) is 4.79 Å². The number of ether oxygens (including phenoxy) is 2. The molecule has 0 bridgehead atoms. The molecule has 0 radical (unpaired) electrons. The number of anilines is 1. The van der Waals surface area contributed by atoms with Crippen molar-refractivity contribution >= 4 is 11.6 Å². The number of amides is 1. The van der Waals surface area contributed by atoms with Gasteiger partial charge in [-0.2, -0.15) is 0 Å². The average Bonchev–Trinajstić information content (AvgIpc) is 3.15. The van der Waals surface area contributed by atoms with Gasteiger partial charge in [-0.05, 0) is 30.7 Å². The van der Waals surface area contributed by atoms with Gasteiger partial charge in [0.2, 0.25) is 5.91 Å². The fourth-order valence-corrected chi connectivity index (χ4v) is 3.36. The van der Waals surface area contributed by atoms with Crippen molar-refractivity contribution in [3.05, 3.63) is 52.6 Å². The van der Waals surface area contributed by atoms with Crippen molar-refractivity contribution in [1.82, 2.24) is 0 Å². The number of nitrogens with one attached hydrogen (secondary N) is 1. The van der Waals surface area contributed by atoms with Crippen LogP contribution in [0.25, 0.3) is 0 Å². The Balaban J connectivity index is 1.60. The summed E-state index contributed by atoms with van der Waals surface area (Å²) >= 11 is 0. The average molecular weight is 309 g/mol. The number of rotatable bonds is 3. The minimum atomic E-state index is -0.0198. The Bertz CT molecular complexity index is 750. The quantitative estimate of drug-likeness (QED) is 0.948. The van der Waals surface area contributed by atoms with Crippen LogP contribution in [0, 0.1) is 6.92 Å². The summed E-state index contributed by atoms with van der Waals surface area (Å²) in [7, 11) is 0. The van der Waals surface area contributed by atoms with Gasteiger partial charge in [-0.1, -0.05) is 12.1 Å². The van der Waals surface area contributed by atoms with Crippen LogP contribution in [0.3, 0.4) is 0 Å². The van der Waals surface area contributed by atoms with E-state index in [0.29, 0.717) is 19.6 Å². The zero-order chi connectivity index (χ0) is 15.8. The van der Waals surface area contributed by atoms with Crippen LogP contribution in [-0.4, -0.2) is 19.1 Å². The normalized spacial score (nSPS) is 14.7. The topological polar surface area (TPSA) is 47.6 Å². The first-order valence-electron chi connectivity index (χ1n) is 8.00. The number of hydrogen-bond acceptors (Lipinski definition) is 3. The molecular weight excluding hydrogens is 290 g/mol. The van der Waals surface area contributed by atoms with Crippen LogP contribution in [0.2, 0.25) is 0 Å². The van der Waals surface area contributed by atoms with E-state index in [1.807, 2.05) is 31.2 Å². The highest BCUT2D eigenvalue weighted by atomic mass is 16.5. The van der Waals surface area contributed by atoms with E-state index >= 15 is 0 Å². The minimum absolute atomic E-state index is 0.0198. The molecule has 4 heteroatoms. The smallest absolute Gasteiger partial charge is 0.228 e. The molecule has 2 heterocycles. The standard InChI is InChI=1S/C19H19NO3/c1-12-3-2-4-14(9-12)20-18(21)11-16-15-6-8-22-17(15)10-13-5-7-23-19(13)16/h2-4,9-10H,5-8,11H2,1H3,(H,20,21). The summed E-state index contributed by atoms with van der Waals surface area (Å²) in [6.07, 6.45) is 2.06. The molecule has 0 aromatic heterocycles. The van der Waals surface area contributed by atoms with E-state index < -0.39 is 0 Å². The molecule has 0 atom stereocenters. The predicted octanol–water partition coefficient (Wildman–Crippen LogP) is 3.05. The monoisotopic (exact) mass is 309 g/mol. The lowest BCUT2D eigenvalue weighted by atomic mass is 9.97. The fourth-order valence-electron chi connectivity index (χ4n) is 3.36. The lowest BCUT2D eigenvalue weighted by Gasteiger charge is -2.13. The molecular formula is C19H19NO3. The van der Waals surface area contributed by atoms with Crippen LogP contribution >= 0.6 is 0 Å². The molecule has 1 N–H and O–H groups in total. The highest BCUT2D eigenvalue weighted by molar-refractivity contribution is 5.93. The van der Waals surface area contributed by atoms with Gasteiger partial charge in [0.15, 0.2) is 0 Å². The third kappa shape index (κ3) is 2.65. The highest BCUT2D eigenvalue weighted by Crippen LogP contribution is 2.40. The number of aryl methyl sites for hydroxylation is 1. The van der Waals surface area contributed by atoms with Gasteiger partial charge in [0.05, 0.1) is 19.6 Å². The number of carbonyl (C=O) groups excluding carboxylic acids is 1. The van der Waals surface area contributed by atoms with E-state index in [4.69, 9.17) is 9.47 Å². The van der Waals surface area contributed by atoms with Crippen LogP contribution in [0.15, 0.2) is 30.3 Å². The Labute approximate surface area is 135 Å².